The zero-order valence-electron chi connectivity index (χ0n) is 13.9. The Balaban J connectivity index is 2.37. The Morgan fingerprint density at radius 1 is 1.30 bits per heavy atom. The van der Waals surface area contributed by atoms with Crippen LogP contribution in [0.3, 0.4) is 0 Å². The number of hydrogen-bond donors (Lipinski definition) is 2. The van der Waals surface area contributed by atoms with Crippen molar-refractivity contribution in [3.05, 3.63) is 28.3 Å². The summed E-state index contributed by atoms with van der Waals surface area (Å²) in [5, 5.41) is 21.5. The molecule has 0 bridgehead atoms. The highest BCUT2D eigenvalue weighted by atomic mass is 35.5. The molecule has 1 saturated carbocycles. The van der Waals surface area contributed by atoms with Gasteiger partial charge in [-0.3, -0.25) is 0 Å². The first kappa shape index (κ1) is 18.1. The molecule has 0 amide bonds. The number of esters is 1. The summed E-state index contributed by atoms with van der Waals surface area (Å²) in [6.07, 6.45) is 4.68. The van der Waals surface area contributed by atoms with Crippen LogP contribution < -0.4 is 0 Å². The molecule has 4 nitrogen and oxygen atoms in total. The van der Waals surface area contributed by atoms with Crippen LogP contribution in [0, 0.1) is 12.8 Å². The number of halogens is 1. The van der Waals surface area contributed by atoms with Gasteiger partial charge in [0.1, 0.15) is 11.9 Å². The Morgan fingerprint density at radius 3 is 2.48 bits per heavy atom. The predicted octanol–water partition coefficient (Wildman–Crippen LogP) is 4.07. The average Bonchev–Trinajstić information content (AvgIpc) is 2.50. The first-order valence-corrected chi connectivity index (χ1v) is 8.57. The van der Waals surface area contributed by atoms with Gasteiger partial charge >= 0.3 is 5.97 Å². The van der Waals surface area contributed by atoms with Crippen molar-refractivity contribution in [2.75, 3.05) is 0 Å². The van der Waals surface area contributed by atoms with E-state index in [0.717, 1.165) is 37.7 Å². The van der Waals surface area contributed by atoms with Crippen LogP contribution in [-0.4, -0.2) is 22.3 Å². The lowest BCUT2D eigenvalue weighted by Crippen LogP contribution is -2.44. The van der Waals surface area contributed by atoms with Crippen LogP contribution in [0.25, 0.3) is 0 Å². The van der Waals surface area contributed by atoms with Crippen molar-refractivity contribution < 1.29 is 19.7 Å². The lowest BCUT2D eigenvalue weighted by molar-refractivity contribution is -0.179. The molecule has 2 rings (SSSR count). The number of rotatable bonds is 4. The van der Waals surface area contributed by atoms with Crippen molar-refractivity contribution in [1.29, 1.82) is 0 Å². The molecule has 23 heavy (non-hydrogen) atoms. The monoisotopic (exact) mass is 340 g/mol. The lowest BCUT2D eigenvalue weighted by atomic mass is 9.82. The second-order valence-electron chi connectivity index (χ2n) is 6.73. The van der Waals surface area contributed by atoms with Gasteiger partial charge in [-0.15, -0.1) is 0 Å². The van der Waals surface area contributed by atoms with Gasteiger partial charge in [-0.1, -0.05) is 31.9 Å². The van der Waals surface area contributed by atoms with Gasteiger partial charge in [0.05, 0.1) is 5.02 Å². The van der Waals surface area contributed by atoms with Crippen LogP contribution in [0.1, 0.15) is 57.1 Å². The van der Waals surface area contributed by atoms with Crippen LogP contribution in [0.15, 0.2) is 12.1 Å². The van der Waals surface area contributed by atoms with Gasteiger partial charge in [0.2, 0.25) is 0 Å². The minimum Gasteiger partial charge on any atom is -0.506 e. The molecule has 1 aliphatic rings. The molecule has 0 unspecified atom stereocenters. The van der Waals surface area contributed by atoms with E-state index in [2.05, 4.69) is 0 Å². The van der Waals surface area contributed by atoms with Crippen LogP contribution in [0.5, 0.6) is 5.75 Å². The number of phenols is 1. The molecule has 1 aromatic rings. The standard InChI is InChI=1S/C18H25ClO4/c1-11(2)18(22,14-9-12(3)10-15(19)16(14)20)17(21)23-13-7-5-4-6-8-13/h9-11,13,20,22H,4-8H2,1-3H3/t18-/m1/s1. The van der Waals surface area contributed by atoms with Gasteiger partial charge < -0.3 is 14.9 Å². The van der Waals surface area contributed by atoms with Crippen molar-refractivity contribution in [2.24, 2.45) is 5.92 Å². The van der Waals surface area contributed by atoms with E-state index in [1.54, 1.807) is 32.9 Å². The fraction of sp³-hybridized carbons (Fsp3) is 0.611. The van der Waals surface area contributed by atoms with Gasteiger partial charge in [-0.05, 0) is 56.2 Å². The fourth-order valence-electron chi connectivity index (χ4n) is 3.11. The Hall–Kier alpha value is -1.26. The average molecular weight is 341 g/mol. The summed E-state index contributed by atoms with van der Waals surface area (Å²) in [5.74, 6) is -1.45. The lowest BCUT2D eigenvalue weighted by Gasteiger charge is -2.33. The normalized spacial score (nSPS) is 18.7. The Labute approximate surface area is 142 Å². The summed E-state index contributed by atoms with van der Waals surface area (Å²) in [4.78, 5) is 12.7. The number of phenolic OH excluding ortho intramolecular Hbond substituents is 1. The number of carbonyl (C=O) groups excluding carboxylic acids is 1. The zero-order chi connectivity index (χ0) is 17.2. The topological polar surface area (TPSA) is 66.8 Å². The van der Waals surface area contributed by atoms with Crippen LogP contribution in [0.4, 0.5) is 0 Å². The van der Waals surface area contributed by atoms with E-state index in [-0.39, 0.29) is 22.4 Å². The molecule has 1 fully saturated rings. The summed E-state index contributed by atoms with van der Waals surface area (Å²) in [7, 11) is 0. The van der Waals surface area contributed by atoms with Gasteiger partial charge in [0, 0.05) is 5.56 Å². The smallest absolute Gasteiger partial charge is 0.343 e. The van der Waals surface area contributed by atoms with Gasteiger partial charge in [0.25, 0.3) is 0 Å². The van der Waals surface area contributed by atoms with E-state index in [1.165, 1.54) is 0 Å². The number of aromatic hydroxyl groups is 1. The number of carbonyl (C=O) groups is 1. The quantitative estimate of drug-likeness (QED) is 0.811. The number of aryl methyl sites for hydroxylation is 1. The molecule has 1 aromatic carbocycles. The molecule has 0 saturated heterocycles. The van der Waals surface area contributed by atoms with E-state index in [9.17, 15) is 15.0 Å². The molecule has 128 valence electrons. The van der Waals surface area contributed by atoms with Gasteiger partial charge in [-0.2, -0.15) is 0 Å². The second-order valence-corrected chi connectivity index (χ2v) is 7.14. The summed E-state index contributed by atoms with van der Waals surface area (Å²) in [6.45, 7) is 5.23. The third kappa shape index (κ3) is 3.64. The molecule has 5 heteroatoms. The summed E-state index contributed by atoms with van der Waals surface area (Å²) >= 11 is 6.01. The molecular formula is C18H25ClO4. The molecular weight excluding hydrogens is 316 g/mol. The van der Waals surface area contributed by atoms with Crippen molar-refractivity contribution in [2.45, 2.75) is 64.6 Å². The maximum atomic E-state index is 12.7. The number of hydrogen-bond acceptors (Lipinski definition) is 4. The highest BCUT2D eigenvalue weighted by Crippen LogP contribution is 2.41. The van der Waals surface area contributed by atoms with E-state index < -0.39 is 17.5 Å². The first-order chi connectivity index (χ1) is 10.8. The SMILES string of the molecule is Cc1cc(Cl)c(O)c([C@@](O)(C(=O)OC2CCCCC2)C(C)C)c1. The molecule has 2 N–H and O–H groups in total. The maximum absolute atomic E-state index is 12.7. The molecule has 0 heterocycles. The Morgan fingerprint density at radius 2 is 1.91 bits per heavy atom. The van der Waals surface area contributed by atoms with Gasteiger partial charge in [0.15, 0.2) is 5.60 Å². The zero-order valence-corrected chi connectivity index (χ0v) is 14.7. The predicted molar refractivity (Wildman–Crippen MR) is 89.6 cm³/mol. The third-order valence-corrected chi connectivity index (χ3v) is 4.88. The highest BCUT2D eigenvalue weighted by Gasteiger charge is 2.46. The van der Waals surface area contributed by atoms with Crippen LogP contribution >= 0.6 is 11.6 Å². The first-order valence-electron chi connectivity index (χ1n) is 8.19. The van der Waals surface area contributed by atoms with E-state index in [1.807, 2.05) is 0 Å². The van der Waals surface area contributed by atoms with Gasteiger partial charge in [-0.25, -0.2) is 4.79 Å². The summed E-state index contributed by atoms with van der Waals surface area (Å²) in [5.41, 5.74) is -1.05. The number of aliphatic hydroxyl groups is 1. The number of ether oxygens (including phenoxy) is 1. The molecule has 1 aliphatic carbocycles. The summed E-state index contributed by atoms with van der Waals surface area (Å²) in [6, 6.07) is 3.18. The van der Waals surface area contributed by atoms with E-state index in [4.69, 9.17) is 16.3 Å². The fourth-order valence-corrected chi connectivity index (χ4v) is 3.38. The van der Waals surface area contributed by atoms with E-state index >= 15 is 0 Å². The van der Waals surface area contributed by atoms with Crippen LogP contribution in [-0.2, 0) is 15.1 Å². The number of benzene rings is 1. The molecule has 0 aliphatic heterocycles. The van der Waals surface area contributed by atoms with Crippen molar-refractivity contribution in [3.63, 3.8) is 0 Å². The molecule has 1 atom stereocenters. The van der Waals surface area contributed by atoms with Crippen molar-refractivity contribution in [1.82, 2.24) is 0 Å². The Bertz CT molecular complexity index is 579. The van der Waals surface area contributed by atoms with E-state index in [0.29, 0.717) is 0 Å². The molecule has 0 spiro atoms. The molecule has 0 aromatic heterocycles. The summed E-state index contributed by atoms with van der Waals surface area (Å²) < 4.78 is 5.56. The largest absolute Gasteiger partial charge is 0.506 e. The second kappa shape index (κ2) is 7.10. The van der Waals surface area contributed by atoms with Crippen molar-refractivity contribution in [3.8, 4) is 5.75 Å². The minimum atomic E-state index is -1.92. The third-order valence-electron chi connectivity index (χ3n) is 4.59. The van der Waals surface area contributed by atoms with Crippen molar-refractivity contribution >= 4 is 17.6 Å². The Kier molecular flexibility index (Phi) is 5.58. The minimum absolute atomic E-state index is 0.110. The van der Waals surface area contributed by atoms with Crippen LogP contribution in [0.2, 0.25) is 5.02 Å². The highest BCUT2D eigenvalue weighted by molar-refractivity contribution is 6.32. The maximum Gasteiger partial charge on any atom is 0.343 e. The molecule has 0 radical (unpaired) electrons.